The molecular formula is C15H21NO3. The van der Waals surface area contributed by atoms with Crippen molar-refractivity contribution < 1.29 is 14.6 Å². The van der Waals surface area contributed by atoms with Crippen LogP contribution in [-0.4, -0.2) is 41.8 Å². The third-order valence-corrected chi connectivity index (χ3v) is 3.52. The zero-order valence-electron chi connectivity index (χ0n) is 11.6. The summed E-state index contributed by atoms with van der Waals surface area (Å²) in [4.78, 5) is 13.3. The van der Waals surface area contributed by atoms with E-state index >= 15 is 0 Å². The summed E-state index contributed by atoms with van der Waals surface area (Å²) in [6.07, 6.45) is 1.32. The van der Waals surface area contributed by atoms with Gasteiger partial charge in [-0.3, -0.25) is 4.90 Å². The van der Waals surface area contributed by atoms with Crippen molar-refractivity contribution in [2.45, 2.75) is 32.9 Å². The molecule has 104 valence electrons. The van der Waals surface area contributed by atoms with Gasteiger partial charge in [0.2, 0.25) is 0 Å². The maximum Gasteiger partial charge on any atom is 0.335 e. The number of carbonyl (C=O) groups is 1. The van der Waals surface area contributed by atoms with Gasteiger partial charge in [-0.1, -0.05) is 6.07 Å². The van der Waals surface area contributed by atoms with Crippen molar-refractivity contribution in [2.24, 2.45) is 0 Å². The van der Waals surface area contributed by atoms with Gasteiger partial charge in [0.25, 0.3) is 0 Å². The molecule has 0 bridgehead atoms. The van der Waals surface area contributed by atoms with Crippen molar-refractivity contribution in [3.8, 4) is 0 Å². The molecule has 0 spiro atoms. The predicted octanol–water partition coefficient (Wildman–Crippen LogP) is 2.30. The highest BCUT2D eigenvalue weighted by atomic mass is 16.5. The molecule has 1 atom stereocenters. The van der Waals surface area contributed by atoms with Gasteiger partial charge < -0.3 is 9.84 Å². The molecule has 1 saturated heterocycles. The van der Waals surface area contributed by atoms with Crippen molar-refractivity contribution in [3.63, 3.8) is 0 Å². The Morgan fingerprint density at radius 2 is 2.32 bits per heavy atom. The Morgan fingerprint density at radius 1 is 1.53 bits per heavy atom. The molecule has 1 aliphatic heterocycles. The van der Waals surface area contributed by atoms with Gasteiger partial charge in [0.1, 0.15) is 0 Å². The van der Waals surface area contributed by atoms with Crippen LogP contribution in [0.4, 0.5) is 0 Å². The van der Waals surface area contributed by atoms with E-state index in [1.54, 1.807) is 12.1 Å². The molecule has 0 aromatic heterocycles. The van der Waals surface area contributed by atoms with Crippen LogP contribution < -0.4 is 0 Å². The van der Waals surface area contributed by atoms with Crippen LogP contribution in [0.15, 0.2) is 18.2 Å². The average molecular weight is 263 g/mol. The van der Waals surface area contributed by atoms with Crippen LogP contribution in [0.3, 0.4) is 0 Å². The lowest BCUT2D eigenvalue weighted by molar-refractivity contribution is 0.0667. The first-order chi connectivity index (χ1) is 9.06. The van der Waals surface area contributed by atoms with Crippen LogP contribution in [0.5, 0.6) is 0 Å². The van der Waals surface area contributed by atoms with Gasteiger partial charge in [0, 0.05) is 26.2 Å². The monoisotopic (exact) mass is 263 g/mol. The van der Waals surface area contributed by atoms with Gasteiger partial charge in [-0.15, -0.1) is 0 Å². The molecule has 19 heavy (non-hydrogen) atoms. The molecule has 1 N–H and O–H groups in total. The Labute approximate surface area is 114 Å². The first kappa shape index (κ1) is 14.0. The summed E-state index contributed by atoms with van der Waals surface area (Å²) in [6.45, 7) is 7.72. The van der Waals surface area contributed by atoms with E-state index in [1.807, 2.05) is 13.0 Å². The molecule has 1 unspecified atom stereocenters. The fourth-order valence-electron chi connectivity index (χ4n) is 2.47. The van der Waals surface area contributed by atoms with Crippen molar-refractivity contribution in [3.05, 3.63) is 34.9 Å². The second-order valence-electron chi connectivity index (χ2n) is 5.22. The molecule has 0 saturated carbocycles. The van der Waals surface area contributed by atoms with Gasteiger partial charge >= 0.3 is 5.97 Å². The number of carboxylic acids is 1. The summed E-state index contributed by atoms with van der Waals surface area (Å²) < 4.78 is 5.63. The Bertz CT molecular complexity index is 459. The molecule has 4 nitrogen and oxygen atoms in total. The SMILES string of the molecule is Cc1cc(C(=O)O)ccc1CN1CCCOC(C)C1. The van der Waals surface area contributed by atoms with E-state index in [4.69, 9.17) is 9.84 Å². The molecule has 1 aromatic carbocycles. The molecule has 0 aliphatic carbocycles. The fraction of sp³-hybridized carbons (Fsp3) is 0.533. The zero-order valence-corrected chi connectivity index (χ0v) is 11.6. The largest absolute Gasteiger partial charge is 0.478 e. The molecule has 0 amide bonds. The lowest BCUT2D eigenvalue weighted by atomic mass is 10.0. The normalized spacial score (nSPS) is 21.1. The second kappa shape index (κ2) is 6.17. The van der Waals surface area contributed by atoms with E-state index < -0.39 is 5.97 Å². The van der Waals surface area contributed by atoms with E-state index in [-0.39, 0.29) is 6.10 Å². The van der Waals surface area contributed by atoms with Gasteiger partial charge in [-0.25, -0.2) is 4.79 Å². The lowest BCUT2D eigenvalue weighted by Crippen LogP contribution is -2.30. The number of benzene rings is 1. The maximum atomic E-state index is 10.9. The first-order valence-electron chi connectivity index (χ1n) is 6.73. The first-order valence-corrected chi connectivity index (χ1v) is 6.73. The van der Waals surface area contributed by atoms with Crippen molar-refractivity contribution >= 4 is 5.97 Å². The summed E-state index contributed by atoms with van der Waals surface area (Å²) in [5.74, 6) is -0.869. The number of rotatable bonds is 3. The van der Waals surface area contributed by atoms with E-state index in [0.717, 1.165) is 38.2 Å². The van der Waals surface area contributed by atoms with Gasteiger partial charge in [-0.05, 0) is 43.5 Å². The van der Waals surface area contributed by atoms with Crippen LogP contribution in [0.1, 0.15) is 34.8 Å². The van der Waals surface area contributed by atoms with Crippen LogP contribution >= 0.6 is 0 Å². The quantitative estimate of drug-likeness (QED) is 0.909. The standard InChI is InChI=1S/C15H21NO3/c1-11-8-13(15(17)18)4-5-14(11)10-16-6-3-7-19-12(2)9-16/h4-5,8,12H,3,6-7,9-10H2,1-2H3,(H,17,18). The summed E-state index contributed by atoms with van der Waals surface area (Å²) in [6, 6.07) is 5.35. The lowest BCUT2D eigenvalue weighted by Gasteiger charge is -2.22. The van der Waals surface area contributed by atoms with Gasteiger partial charge in [0.15, 0.2) is 0 Å². The highest BCUT2D eigenvalue weighted by molar-refractivity contribution is 5.87. The minimum atomic E-state index is -0.869. The van der Waals surface area contributed by atoms with Crippen molar-refractivity contribution in [2.75, 3.05) is 19.7 Å². The van der Waals surface area contributed by atoms with Gasteiger partial charge in [0.05, 0.1) is 11.7 Å². The average Bonchev–Trinajstić information content (AvgIpc) is 2.56. The Balaban J connectivity index is 2.07. The Morgan fingerprint density at radius 3 is 3.00 bits per heavy atom. The van der Waals surface area contributed by atoms with Crippen LogP contribution in [-0.2, 0) is 11.3 Å². The second-order valence-corrected chi connectivity index (χ2v) is 5.22. The minimum Gasteiger partial charge on any atom is -0.478 e. The van der Waals surface area contributed by atoms with E-state index in [1.165, 1.54) is 5.56 Å². The predicted molar refractivity (Wildman–Crippen MR) is 73.4 cm³/mol. The molecule has 4 heteroatoms. The van der Waals surface area contributed by atoms with E-state index in [9.17, 15) is 4.79 Å². The Kier molecular flexibility index (Phi) is 4.56. The van der Waals surface area contributed by atoms with Crippen LogP contribution in [0.25, 0.3) is 0 Å². The molecule has 1 heterocycles. The number of aryl methyl sites for hydroxylation is 1. The topological polar surface area (TPSA) is 49.8 Å². The minimum absolute atomic E-state index is 0.265. The molecule has 1 fully saturated rings. The number of carboxylic acid groups (broad SMARTS) is 1. The highest BCUT2D eigenvalue weighted by Gasteiger charge is 2.16. The summed E-state index contributed by atoms with van der Waals surface area (Å²) >= 11 is 0. The molecule has 1 aromatic rings. The third kappa shape index (κ3) is 3.78. The molecule has 1 aliphatic rings. The summed E-state index contributed by atoms with van der Waals surface area (Å²) in [5.41, 5.74) is 2.59. The number of hydrogen-bond donors (Lipinski definition) is 1. The number of ether oxygens (including phenoxy) is 1. The highest BCUT2D eigenvalue weighted by Crippen LogP contribution is 2.16. The third-order valence-electron chi connectivity index (χ3n) is 3.52. The van der Waals surface area contributed by atoms with Gasteiger partial charge in [-0.2, -0.15) is 0 Å². The molecular weight excluding hydrogens is 242 g/mol. The Hall–Kier alpha value is -1.39. The maximum absolute atomic E-state index is 10.9. The van der Waals surface area contributed by atoms with Crippen molar-refractivity contribution in [1.29, 1.82) is 0 Å². The zero-order chi connectivity index (χ0) is 13.8. The van der Waals surface area contributed by atoms with Crippen LogP contribution in [0, 0.1) is 6.92 Å². The smallest absolute Gasteiger partial charge is 0.335 e. The molecule has 2 rings (SSSR count). The van der Waals surface area contributed by atoms with Crippen molar-refractivity contribution in [1.82, 2.24) is 4.90 Å². The summed E-state index contributed by atoms with van der Waals surface area (Å²) in [5, 5.41) is 8.97. The summed E-state index contributed by atoms with van der Waals surface area (Å²) in [7, 11) is 0. The number of aromatic carboxylic acids is 1. The molecule has 0 radical (unpaired) electrons. The number of nitrogens with zero attached hydrogens (tertiary/aromatic N) is 1. The van der Waals surface area contributed by atoms with E-state index in [2.05, 4.69) is 11.8 Å². The van der Waals surface area contributed by atoms with Crippen LogP contribution in [0.2, 0.25) is 0 Å². The number of hydrogen-bond acceptors (Lipinski definition) is 3. The fourth-order valence-corrected chi connectivity index (χ4v) is 2.47. The van der Waals surface area contributed by atoms with E-state index in [0.29, 0.717) is 5.56 Å².